The van der Waals surface area contributed by atoms with Gasteiger partial charge in [0.25, 0.3) is 0 Å². The number of esters is 1. The summed E-state index contributed by atoms with van der Waals surface area (Å²) >= 11 is 0. The van der Waals surface area contributed by atoms with Crippen molar-refractivity contribution in [3.05, 3.63) is 78.0 Å². The molecule has 0 fully saturated rings. The first-order valence-corrected chi connectivity index (χ1v) is 8.65. The van der Waals surface area contributed by atoms with Crippen molar-refractivity contribution in [1.82, 2.24) is 14.6 Å². The van der Waals surface area contributed by atoms with Crippen LogP contribution in [0.3, 0.4) is 0 Å². The zero-order valence-electron chi connectivity index (χ0n) is 14.9. The highest BCUT2D eigenvalue weighted by molar-refractivity contribution is 5.89. The van der Waals surface area contributed by atoms with Gasteiger partial charge in [-0.1, -0.05) is 0 Å². The molecule has 0 saturated carbocycles. The molecule has 2 aromatic carbocycles. The van der Waals surface area contributed by atoms with Crippen LogP contribution in [0.2, 0.25) is 0 Å². The van der Waals surface area contributed by atoms with Gasteiger partial charge in [0.15, 0.2) is 11.3 Å². The summed E-state index contributed by atoms with van der Waals surface area (Å²) in [5.41, 5.74) is 3.11. The van der Waals surface area contributed by atoms with Crippen LogP contribution < -0.4 is 0 Å². The number of ether oxygens (including phenoxy) is 1. The number of carbonyl (C=O) groups is 1. The Kier molecular flexibility index (Phi) is 4.57. The van der Waals surface area contributed by atoms with E-state index in [9.17, 15) is 13.6 Å². The van der Waals surface area contributed by atoms with Crippen molar-refractivity contribution in [2.24, 2.45) is 0 Å². The van der Waals surface area contributed by atoms with E-state index in [1.54, 1.807) is 37.3 Å². The third-order valence-corrected chi connectivity index (χ3v) is 4.19. The maximum Gasteiger partial charge on any atom is 0.358 e. The lowest BCUT2D eigenvalue weighted by Crippen LogP contribution is -2.06. The summed E-state index contributed by atoms with van der Waals surface area (Å²) in [6.45, 7) is 1.94. The minimum absolute atomic E-state index is 0.119. The van der Waals surface area contributed by atoms with Crippen LogP contribution in [0.5, 0.6) is 0 Å². The van der Waals surface area contributed by atoms with Gasteiger partial charge in [-0.3, -0.25) is 0 Å². The second kappa shape index (κ2) is 7.19. The molecule has 0 amide bonds. The molecule has 4 aromatic rings. The van der Waals surface area contributed by atoms with E-state index in [0.29, 0.717) is 28.2 Å². The van der Waals surface area contributed by atoms with Crippen LogP contribution in [0.15, 0.2) is 60.7 Å². The van der Waals surface area contributed by atoms with Crippen molar-refractivity contribution < 1.29 is 18.3 Å². The topological polar surface area (TPSA) is 56.5 Å². The Morgan fingerprint density at radius 1 is 0.964 bits per heavy atom. The molecule has 0 aliphatic rings. The molecule has 0 atom stereocenters. The summed E-state index contributed by atoms with van der Waals surface area (Å²) in [4.78, 5) is 16.6. The maximum atomic E-state index is 13.4. The first kappa shape index (κ1) is 17.8. The lowest BCUT2D eigenvalue weighted by atomic mass is 10.1. The van der Waals surface area contributed by atoms with E-state index in [4.69, 9.17) is 4.74 Å². The third kappa shape index (κ3) is 3.34. The highest BCUT2D eigenvalue weighted by Crippen LogP contribution is 2.27. The molecule has 0 N–H and O–H groups in total. The molecule has 0 aliphatic carbocycles. The van der Waals surface area contributed by atoms with Crippen molar-refractivity contribution in [1.29, 1.82) is 0 Å². The molecule has 0 unspecified atom stereocenters. The quantitative estimate of drug-likeness (QED) is 0.489. The molecule has 0 aliphatic heterocycles. The molecule has 140 valence electrons. The van der Waals surface area contributed by atoms with Gasteiger partial charge in [-0.05, 0) is 61.5 Å². The van der Waals surface area contributed by atoms with Crippen LogP contribution in [0.4, 0.5) is 8.78 Å². The van der Waals surface area contributed by atoms with Gasteiger partial charge < -0.3 is 4.74 Å². The highest BCUT2D eigenvalue weighted by Gasteiger charge is 2.17. The number of aromatic nitrogens is 3. The molecule has 0 bridgehead atoms. The van der Waals surface area contributed by atoms with E-state index in [1.807, 2.05) is 0 Å². The van der Waals surface area contributed by atoms with Gasteiger partial charge in [0, 0.05) is 17.2 Å². The molecule has 0 spiro atoms. The predicted molar refractivity (Wildman–Crippen MR) is 99.7 cm³/mol. The standard InChI is InChI=1S/C21H15F2N3O2/c1-2-28-21(27)18-12-20-24-17(13-3-7-15(22)8-4-13)11-19(26(20)25-18)14-5-9-16(23)10-6-14/h3-12H,2H2,1H3. The fourth-order valence-electron chi connectivity index (χ4n) is 2.87. The van der Waals surface area contributed by atoms with Gasteiger partial charge in [0.05, 0.1) is 18.0 Å². The van der Waals surface area contributed by atoms with Crippen LogP contribution in [-0.4, -0.2) is 27.2 Å². The highest BCUT2D eigenvalue weighted by atomic mass is 19.1. The largest absolute Gasteiger partial charge is 0.461 e. The number of fused-ring (bicyclic) bond motifs is 1. The number of benzene rings is 2. The minimum Gasteiger partial charge on any atom is -0.461 e. The molecule has 4 rings (SSSR count). The first-order valence-electron chi connectivity index (χ1n) is 8.65. The zero-order valence-corrected chi connectivity index (χ0v) is 14.9. The Labute approximate surface area is 159 Å². The molecular formula is C21H15F2N3O2. The van der Waals surface area contributed by atoms with Crippen LogP contribution in [0, 0.1) is 11.6 Å². The molecule has 5 nitrogen and oxygen atoms in total. The van der Waals surface area contributed by atoms with Gasteiger partial charge >= 0.3 is 5.97 Å². The minimum atomic E-state index is -0.554. The Morgan fingerprint density at radius 2 is 1.57 bits per heavy atom. The van der Waals surface area contributed by atoms with Gasteiger partial charge in [-0.2, -0.15) is 5.10 Å². The van der Waals surface area contributed by atoms with Crippen LogP contribution >= 0.6 is 0 Å². The molecule has 2 heterocycles. The molecule has 0 saturated heterocycles. The summed E-state index contributed by atoms with van der Waals surface area (Å²) < 4.78 is 33.2. The fourth-order valence-corrected chi connectivity index (χ4v) is 2.87. The van der Waals surface area contributed by atoms with E-state index >= 15 is 0 Å². The van der Waals surface area contributed by atoms with E-state index in [2.05, 4.69) is 10.1 Å². The Balaban J connectivity index is 1.93. The van der Waals surface area contributed by atoms with Crippen LogP contribution in [-0.2, 0) is 4.74 Å². The molecule has 2 aromatic heterocycles. The van der Waals surface area contributed by atoms with E-state index in [1.165, 1.54) is 34.8 Å². The summed E-state index contributed by atoms with van der Waals surface area (Å²) in [5, 5.41) is 4.30. The van der Waals surface area contributed by atoms with E-state index < -0.39 is 5.97 Å². The summed E-state index contributed by atoms with van der Waals surface area (Å²) in [7, 11) is 0. The number of carbonyl (C=O) groups excluding carboxylic acids is 1. The average Bonchev–Trinajstić information content (AvgIpc) is 3.13. The lowest BCUT2D eigenvalue weighted by Gasteiger charge is -2.09. The zero-order chi connectivity index (χ0) is 19.7. The molecular weight excluding hydrogens is 364 g/mol. The van der Waals surface area contributed by atoms with Crippen LogP contribution in [0.25, 0.3) is 28.2 Å². The Morgan fingerprint density at radius 3 is 2.18 bits per heavy atom. The SMILES string of the molecule is CCOC(=O)c1cc2nc(-c3ccc(F)cc3)cc(-c3ccc(F)cc3)n2n1. The normalized spacial score (nSPS) is 11.0. The lowest BCUT2D eigenvalue weighted by molar-refractivity contribution is 0.0519. The first-order chi connectivity index (χ1) is 13.5. The van der Waals surface area contributed by atoms with Crippen molar-refractivity contribution in [3.63, 3.8) is 0 Å². The molecule has 7 heteroatoms. The van der Waals surface area contributed by atoms with Crippen molar-refractivity contribution >= 4 is 11.6 Å². The summed E-state index contributed by atoms with van der Waals surface area (Å²) in [6, 6.07) is 15.1. The van der Waals surface area contributed by atoms with Gasteiger partial charge in [0.1, 0.15) is 11.6 Å². The molecule has 0 radical (unpaired) electrons. The van der Waals surface area contributed by atoms with E-state index in [-0.39, 0.29) is 23.9 Å². The van der Waals surface area contributed by atoms with Crippen LogP contribution in [0.1, 0.15) is 17.4 Å². The Bertz CT molecular complexity index is 1150. The van der Waals surface area contributed by atoms with Gasteiger partial charge in [0.2, 0.25) is 0 Å². The average molecular weight is 379 g/mol. The summed E-state index contributed by atoms with van der Waals surface area (Å²) in [6.07, 6.45) is 0. The summed E-state index contributed by atoms with van der Waals surface area (Å²) in [5.74, 6) is -1.26. The molecule has 28 heavy (non-hydrogen) atoms. The second-order valence-corrected chi connectivity index (χ2v) is 6.06. The van der Waals surface area contributed by atoms with Gasteiger partial charge in [-0.25, -0.2) is 23.1 Å². The number of rotatable bonds is 4. The predicted octanol–water partition coefficient (Wildman–Crippen LogP) is 4.52. The monoisotopic (exact) mass is 379 g/mol. The maximum absolute atomic E-state index is 13.4. The Hall–Kier alpha value is -3.61. The van der Waals surface area contributed by atoms with Gasteiger partial charge in [-0.15, -0.1) is 0 Å². The number of halogens is 2. The number of nitrogens with zero attached hydrogens (tertiary/aromatic N) is 3. The van der Waals surface area contributed by atoms with Crippen molar-refractivity contribution in [3.8, 4) is 22.5 Å². The third-order valence-electron chi connectivity index (χ3n) is 4.19. The number of hydrogen-bond acceptors (Lipinski definition) is 4. The number of hydrogen-bond donors (Lipinski definition) is 0. The fraction of sp³-hybridized carbons (Fsp3) is 0.0952. The smallest absolute Gasteiger partial charge is 0.358 e. The van der Waals surface area contributed by atoms with Crippen molar-refractivity contribution in [2.75, 3.05) is 6.61 Å². The second-order valence-electron chi connectivity index (χ2n) is 6.06. The van der Waals surface area contributed by atoms with Crippen molar-refractivity contribution in [2.45, 2.75) is 6.92 Å². The van der Waals surface area contributed by atoms with E-state index in [0.717, 1.165) is 0 Å².